The molecule has 1 N–H and O–H groups in total. The summed E-state index contributed by atoms with van der Waals surface area (Å²) in [5, 5.41) is 3.49. The molecule has 2 atom stereocenters. The van der Waals surface area contributed by atoms with E-state index in [0.717, 1.165) is 19.6 Å². The predicted molar refractivity (Wildman–Crippen MR) is 68.6 cm³/mol. The van der Waals surface area contributed by atoms with E-state index in [4.69, 9.17) is 4.74 Å². The van der Waals surface area contributed by atoms with Crippen molar-refractivity contribution in [3.8, 4) is 0 Å². The van der Waals surface area contributed by atoms with Gasteiger partial charge in [-0.2, -0.15) is 0 Å². The summed E-state index contributed by atoms with van der Waals surface area (Å²) in [6.07, 6.45) is 1.24. The van der Waals surface area contributed by atoms with E-state index in [9.17, 15) is 0 Å². The molecule has 0 saturated heterocycles. The maximum atomic E-state index is 5.87. The van der Waals surface area contributed by atoms with Crippen molar-refractivity contribution in [3.05, 3.63) is 35.9 Å². The normalized spacial score (nSPS) is 14.7. The second kappa shape index (κ2) is 7.42. The van der Waals surface area contributed by atoms with Crippen molar-refractivity contribution in [2.45, 2.75) is 39.3 Å². The zero-order valence-electron chi connectivity index (χ0n) is 10.6. The first-order valence-corrected chi connectivity index (χ1v) is 6.23. The molecule has 2 nitrogen and oxygen atoms in total. The fraction of sp³-hybridized carbons (Fsp3) is 0.571. The maximum absolute atomic E-state index is 5.87. The summed E-state index contributed by atoms with van der Waals surface area (Å²) in [5.74, 6) is 0. The van der Waals surface area contributed by atoms with Gasteiger partial charge in [0, 0.05) is 12.6 Å². The second-order valence-corrected chi connectivity index (χ2v) is 3.86. The van der Waals surface area contributed by atoms with Crippen LogP contribution in [-0.2, 0) is 4.74 Å². The van der Waals surface area contributed by atoms with E-state index >= 15 is 0 Å². The summed E-state index contributed by atoms with van der Waals surface area (Å²) >= 11 is 0. The van der Waals surface area contributed by atoms with Gasteiger partial charge in [0.15, 0.2) is 0 Å². The largest absolute Gasteiger partial charge is 0.372 e. The average Bonchev–Trinajstić information content (AvgIpc) is 2.35. The second-order valence-electron chi connectivity index (χ2n) is 3.86. The van der Waals surface area contributed by atoms with Crippen LogP contribution in [-0.4, -0.2) is 19.2 Å². The molecular weight excluding hydrogens is 198 g/mol. The van der Waals surface area contributed by atoms with Gasteiger partial charge in [-0.3, -0.25) is 0 Å². The van der Waals surface area contributed by atoms with Gasteiger partial charge in [0.2, 0.25) is 0 Å². The molecule has 0 aliphatic carbocycles. The van der Waals surface area contributed by atoms with E-state index in [-0.39, 0.29) is 6.10 Å². The van der Waals surface area contributed by atoms with Crippen LogP contribution in [0.3, 0.4) is 0 Å². The van der Waals surface area contributed by atoms with Crippen molar-refractivity contribution >= 4 is 0 Å². The highest BCUT2D eigenvalue weighted by Gasteiger charge is 2.20. The Labute approximate surface area is 99.0 Å². The Kier molecular flexibility index (Phi) is 6.12. The Bertz CT molecular complexity index is 273. The van der Waals surface area contributed by atoms with Crippen LogP contribution in [0.5, 0.6) is 0 Å². The molecule has 0 radical (unpaired) electrons. The zero-order chi connectivity index (χ0) is 11.8. The molecule has 0 fully saturated rings. The molecule has 90 valence electrons. The van der Waals surface area contributed by atoms with E-state index in [2.05, 4.69) is 50.4 Å². The third kappa shape index (κ3) is 3.62. The average molecular weight is 221 g/mol. The summed E-state index contributed by atoms with van der Waals surface area (Å²) in [6.45, 7) is 8.12. The number of rotatable bonds is 7. The number of benzene rings is 1. The van der Waals surface area contributed by atoms with Crippen LogP contribution in [0, 0.1) is 0 Å². The van der Waals surface area contributed by atoms with Crippen molar-refractivity contribution in [2.75, 3.05) is 13.2 Å². The zero-order valence-corrected chi connectivity index (χ0v) is 10.6. The van der Waals surface area contributed by atoms with Crippen LogP contribution < -0.4 is 5.32 Å². The van der Waals surface area contributed by atoms with E-state index in [1.807, 2.05) is 6.07 Å². The van der Waals surface area contributed by atoms with Gasteiger partial charge < -0.3 is 10.1 Å². The maximum Gasteiger partial charge on any atom is 0.0977 e. The minimum absolute atomic E-state index is 0.163. The first kappa shape index (κ1) is 13.2. The quantitative estimate of drug-likeness (QED) is 0.763. The highest BCUT2D eigenvalue weighted by atomic mass is 16.5. The number of hydrogen-bond acceptors (Lipinski definition) is 2. The highest BCUT2D eigenvalue weighted by Crippen LogP contribution is 2.22. The molecule has 1 rings (SSSR count). The Hall–Kier alpha value is -0.860. The molecule has 2 unspecified atom stereocenters. The summed E-state index contributed by atoms with van der Waals surface area (Å²) in [6, 6.07) is 10.9. The Morgan fingerprint density at radius 2 is 1.81 bits per heavy atom. The minimum Gasteiger partial charge on any atom is -0.372 e. The van der Waals surface area contributed by atoms with Crippen LogP contribution in [0.2, 0.25) is 0 Å². The van der Waals surface area contributed by atoms with E-state index < -0.39 is 0 Å². The summed E-state index contributed by atoms with van der Waals surface area (Å²) in [4.78, 5) is 0. The number of likely N-dealkylation sites (N-methyl/N-ethyl adjacent to an activating group) is 1. The minimum atomic E-state index is 0.163. The molecule has 2 heteroatoms. The van der Waals surface area contributed by atoms with Crippen molar-refractivity contribution in [2.24, 2.45) is 0 Å². The van der Waals surface area contributed by atoms with Crippen LogP contribution in [0.15, 0.2) is 30.3 Å². The first-order chi connectivity index (χ1) is 7.83. The molecular formula is C14H23NO. The lowest BCUT2D eigenvalue weighted by atomic mass is 10.00. The summed E-state index contributed by atoms with van der Waals surface area (Å²) in [5.41, 5.74) is 1.26. The van der Waals surface area contributed by atoms with Crippen LogP contribution >= 0.6 is 0 Å². The van der Waals surface area contributed by atoms with Gasteiger partial charge >= 0.3 is 0 Å². The SMILES string of the molecule is CCNC(CC)C(OCC)c1ccccc1. The van der Waals surface area contributed by atoms with Crippen molar-refractivity contribution in [1.29, 1.82) is 0 Å². The fourth-order valence-corrected chi connectivity index (χ4v) is 1.99. The molecule has 0 aromatic heterocycles. The highest BCUT2D eigenvalue weighted by molar-refractivity contribution is 5.19. The third-order valence-electron chi connectivity index (χ3n) is 2.75. The molecule has 0 saturated carbocycles. The van der Waals surface area contributed by atoms with Gasteiger partial charge in [0.05, 0.1) is 6.10 Å². The van der Waals surface area contributed by atoms with Crippen LogP contribution in [0.25, 0.3) is 0 Å². The van der Waals surface area contributed by atoms with Gasteiger partial charge in [0.25, 0.3) is 0 Å². The molecule has 0 bridgehead atoms. The molecule has 1 aromatic carbocycles. The standard InChI is InChI=1S/C14H23NO/c1-4-13(15-5-2)14(16-6-3)12-10-8-7-9-11-12/h7-11,13-15H,4-6H2,1-3H3. The lowest BCUT2D eigenvalue weighted by molar-refractivity contribution is 0.0326. The van der Waals surface area contributed by atoms with Crippen LogP contribution in [0.4, 0.5) is 0 Å². The lowest BCUT2D eigenvalue weighted by Crippen LogP contribution is -2.35. The van der Waals surface area contributed by atoms with Gasteiger partial charge in [0.1, 0.15) is 0 Å². The third-order valence-corrected chi connectivity index (χ3v) is 2.75. The van der Waals surface area contributed by atoms with Gasteiger partial charge in [-0.15, -0.1) is 0 Å². The van der Waals surface area contributed by atoms with Crippen molar-refractivity contribution in [3.63, 3.8) is 0 Å². The summed E-state index contributed by atoms with van der Waals surface area (Å²) < 4.78 is 5.87. The van der Waals surface area contributed by atoms with E-state index in [1.54, 1.807) is 0 Å². The predicted octanol–water partition coefficient (Wildman–Crippen LogP) is 3.15. The molecule has 0 amide bonds. The fourth-order valence-electron chi connectivity index (χ4n) is 1.99. The molecule has 0 heterocycles. The lowest BCUT2D eigenvalue weighted by Gasteiger charge is -2.27. The molecule has 1 aromatic rings. The van der Waals surface area contributed by atoms with Crippen LogP contribution in [0.1, 0.15) is 38.9 Å². The molecule has 0 spiro atoms. The Morgan fingerprint density at radius 1 is 1.12 bits per heavy atom. The van der Waals surface area contributed by atoms with Crippen molar-refractivity contribution < 1.29 is 4.74 Å². The van der Waals surface area contributed by atoms with Crippen molar-refractivity contribution in [1.82, 2.24) is 5.32 Å². The number of ether oxygens (including phenoxy) is 1. The molecule has 0 aliphatic rings. The van der Waals surface area contributed by atoms with Gasteiger partial charge in [-0.05, 0) is 25.5 Å². The topological polar surface area (TPSA) is 21.3 Å². The summed E-state index contributed by atoms with van der Waals surface area (Å²) in [7, 11) is 0. The van der Waals surface area contributed by atoms with Gasteiger partial charge in [-0.1, -0.05) is 44.2 Å². The van der Waals surface area contributed by atoms with E-state index in [1.165, 1.54) is 5.56 Å². The van der Waals surface area contributed by atoms with E-state index in [0.29, 0.717) is 6.04 Å². The number of nitrogens with one attached hydrogen (secondary N) is 1. The monoisotopic (exact) mass is 221 g/mol. The first-order valence-electron chi connectivity index (χ1n) is 6.23. The van der Waals surface area contributed by atoms with Gasteiger partial charge in [-0.25, -0.2) is 0 Å². The smallest absolute Gasteiger partial charge is 0.0977 e. The molecule has 16 heavy (non-hydrogen) atoms. The Balaban J connectivity index is 2.80. The molecule has 0 aliphatic heterocycles. The Morgan fingerprint density at radius 3 is 2.31 bits per heavy atom. The number of hydrogen-bond donors (Lipinski definition) is 1.